The molecular weight excluding hydrogens is 259 g/mol. The van der Waals surface area contributed by atoms with Gasteiger partial charge in [0.1, 0.15) is 0 Å². The lowest BCUT2D eigenvalue weighted by atomic mass is 10.1. The lowest BCUT2D eigenvalue weighted by molar-refractivity contribution is 0.244. The van der Waals surface area contributed by atoms with Crippen LogP contribution in [0.5, 0.6) is 0 Å². The Morgan fingerprint density at radius 1 is 1.28 bits per heavy atom. The number of alkyl halides is 1. The Morgan fingerprint density at radius 2 is 1.78 bits per heavy atom. The van der Waals surface area contributed by atoms with Gasteiger partial charge in [-0.15, -0.1) is 0 Å². The molecular formula is C12H19FO4S. The molecule has 0 amide bonds. The number of aliphatic hydroxyl groups excluding tert-OH is 1. The second kappa shape index (κ2) is 8.18. The van der Waals surface area contributed by atoms with E-state index in [9.17, 15) is 12.8 Å². The predicted molar refractivity (Wildman–Crippen MR) is 67.8 cm³/mol. The van der Waals surface area contributed by atoms with Gasteiger partial charge in [-0.1, -0.05) is 24.6 Å². The summed E-state index contributed by atoms with van der Waals surface area (Å²) in [6, 6.07) is 5.99. The molecule has 1 aromatic carbocycles. The average Bonchev–Trinajstić information content (AvgIpc) is 2.29. The molecule has 6 heteroatoms. The minimum Gasteiger partial charge on any atom is -0.396 e. The van der Waals surface area contributed by atoms with E-state index in [0.29, 0.717) is 6.42 Å². The normalized spacial score (nSPS) is 12.5. The molecule has 104 valence electrons. The summed E-state index contributed by atoms with van der Waals surface area (Å²) in [7, 11) is -4.02. The highest BCUT2D eigenvalue weighted by atomic mass is 32.2. The molecule has 4 nitrogen and oxygen atoms in total. The van der Waals surface area contributed by atoms with Crippen LogP contribution in [0.3, 0.4) is 0 Å². The highest BCUT2D eigenvalue weighted by molar-refractivity contribution is 7.85. The molecule has 1 rings (SSSR count). The molecule has 0 aliphatic carbocycles. The van der Waals surface area contributed by atoms with Crippen molar-refractivity contribution in [1.29, 1.82) is 0 Å². The van der Waals surface area contributed by atoms with Crippen molar-refractivity contribution in [3.8, 4) is 0 Å². The zero-order valence-electron chi connectivity index (χ0n) is 10.5. The number of hydrogen-bond donors (Lipinski definition) is 2. The molecule has 1 aromatic rings. The van der Waals surface area contributed by atoms with Crippen LogP contribution >= 0.6 is 0 Å². The Hall–Kier alpha value is -0.980. The van der Waals surface area contributed by atoms with Crippen LogP contribution in [0.4, 0.5) is 4.39 Å². The van der Waals surface area contributed by atoms with Crippen molar-refractivity contribution in [2.24, 2.45) is 5.92 Å². The Morgan fingerprint density at radius 3 is 2.06 bits per heavy atom. The minimum absolute atomic E-state index is 0.0324. The fourth-order valence-electron chi connectivity index (χ4n) is 1.01. The Balaban J connectivity index is 0.000000360. The highest BCUT2D eigenvalue weighted by Crippen LogP contribution is 2.08. The van der Waals surface area contributed by atoms with Crippen LogP contribution < -0.4 is 0 Å². The van der Waals surface area contributed by atoms with E-state index in [1.807, 2.05) is 6.92 Å². The molecule has 2 N–H and O–H groups in total. The second-order valence-electron chi connectivity index (χ2n) is 4.06. The summed E-state index contributed by atoms with van der Waals surface area (Å²) in [6.07, 6.45) is 0.580. The first-order valence-electron chi connectivity index (χ1n) is 5.52. The molecule has 1 unspecified atom stereocenters. The summed E-state index contributed by atoms with van der Waals surface area (Å²) in [6.45, 7) is 3.40. The first-order chi connectivity index (χ1) is 8.31. The average molecular weight is 278 g/mol. The summed E-state index contributed by atoms with van der Waals surface area (Å²) in [5, 5.41) is 8.20. The molecule has 0 aliphatic heterocycles. The van der Waals surface area contributed by atoms with Gasteiger partial charge in [0.05, 0.1) is 11.6 Å². The van der Waals surface area contributed by atoms with Crippen molar-refractivity contribution >= 4 is 10.1 Å². The van der Waals surface area contributed by atoms with Crippen LogP contribution in [-0.4, -0.2) is 31.4 Å². The molecule has 0 radical (unpaired) electrons. The van der Waals surface area contributed by atoms with Gasteiger partial charge in [-0.2, -0.15) is 8.42 Å². The van der Waals surface area contributed by atoms with Crippen molar-refractivity contribution in [2.75, 3.05) is 13.3 Å². The van der Waals surface area contributed by atoms with E-state index in [0.717, 1.165) is 5.56 Å². The first-order valence-corrected chi connectivity index (χ1v) is 6.96. The maximum atomic E-state index is 11.5. The molecule has 18 heavy (non-hydrogen) atoms. The number of rotatable bonds is 4. The lowest BCUT2D eigenvalue weighted by Gasteiger charge is -1.99. The first kappa shape index (κ1) is 17.0. The van der Waals surface area contributed by atoms with Crippen LogP contribution in [0, 0.1) is 12.8 Å². The molecule has 1 atom stereocenters. The van der Waals surface area contributed by atoms with E-state index >= 15 is 0 Å². The molecule has 0 spiro atoms. The fourth-order valence-corrected chi connectivity index (χ4v) is 1.49. The van der Waals surface area contributed by atoms with Gasteiger partial charge >= 0.3 is 0 Å². The second-order valence-corrected chi connectivity index (χ2v) is 5.48. The largest absolute Gasteiger partial charge is 0.396 e. The molecule has 0 fully saturated rings. The number of aliphatic hydroxyl groups is 1. The third-order valence-electron chi connectivity index (χ3n) is 2.20. The van der Waals surface area contributed by atoms with Crippen LogP contribution in [0.2, 0.25) is 0 Å². The van der Waals surface area contributed by atoms with Gasteiger partial charge in [-0.05, 0) is 31.4 Å². The van der Waals surface area contributed by atoms with Gasteiger partial charge in [-0.25, -0.2) is 0 Å². The van der Waals surface area contributed by atoms with Gasteiger partial charge in [0.15, 0.2) is 0 Å². The summed E-state index contributed by atoms with van der Waals surface area (Å²) in [5.41, 5.74) is 0.956. The minimum atomic E-state index is -4.02. The van der Waals surface area contributed by atoms with Crippen LogP contribution in [-0.2, 0) is 10.1 Å². The molecule has 0 saturated carbocycles. The Bertz CT molecular complexity index is 428. The zero-order valence-corrected chi connectivity index (χ0v) is 11.3. The van der Waals surface area contributed by atoms with Crippen LogP contribution in [0.25, 0.3) is 0 Å². The SMILES string of the molecule is CC(CF)CCO.Cc1ccc(S(=O)(=O)O)cc1. The number of benzene rings is 1. The van der Waals surface area contributed by atoms with Gasteiger partial charge in [0.25, 0.3) is 10.1 Å². The summed E-state index contributed by atoms with van der Waals surface area (Å²) in [4.78, 5) is -0.0666. The Labute approximate surface area is 107 Å². The molecule has 0 bridgehead atoms. The van der Waals surface area contributed by atoms with E-state index in [4.69, 9.17) is 9.66 Å². The van der Waals surface area contributed by atoms with Crippen molar-refractivity contribution in [3.63, 3.8) is 0 Å². The molecule has 0 aromatic heterocycles. The van der Waals surface area contributed by atoms with Gasteiger partial charge in [0, 0.05) is 6.61 Å². The summed E-state index contributed by atoms with van der Waals surface area (Å²) in [5.74, 6) is 0.0324. The third kappa shape index (κ3) is 7.37. The van der Waals surface area contributed by atoms with Crippen LogP contribution in [0.1, 0.15) is 18.9 Å². The van der Waals surface area contributed by atoms with E-state index in [2.05, 4.69) is 0 Å². The van der Waals surface area contributed by atoms with E-state index in [-0.39, 0.29) is 24.1 Å². The highest BCUT2D eigenvalue weighted by Gasteiger charge is 2.06. The molecule has 0 saturated heterocycles. The number of aryl methyl sites for hydroxylation is 1. The monoisotopic (exact) mass is 278 g/mol. The standard InChI is InChI=1S/C7H8O3S.C5H11FO/c1-6-2-4-7(5-3-6)11(8,9)10;1-5(4-6)2-3-7/h2-5H,1H3,(H,8,9,10);5,7H,2-4H2,1H3. The quantitative estimate of drug-likeness (QED) is 0.828. The van der Waals surface area contributed by atoms with Crippen molar-refractivity contribution in [2.45, 2.75) is 25.2 Å². The lowest BCUT2D eigenvalue weighted by Crippen LogP contribution is -1.98. The summed E-state index contributed by atoms with van der Waals surface area (Å²) >= 11 is 0. The number of halogens is 1. The van der Waals surface area contributed by atoms with Crippen molar-refractivity contribution in [1.82, 2.24) is 0 Å². The summed E-state index contributed by atoms with van der Waals surface area (Å²) < 4.78 is 41.0. The zero-order chi connectivity index (χ0) is 14.2. The van der Waals surface area contributed by atoms with Gasteiger partial charge < -0.3 is 5.11 Å². The van der Waals surface area contributed by atoms with Crippen molar-refractivity contribution in [3.05, 3.63) is 29.8 Å². The van der Waals surface area contributed by atoms with Crippen molar-refractivity contribution < 1.29 is 22.5 Å². The Kier molecular flexibility index (Phi) is 7.73. The molecule has 0 heterocycles. The van der Waals surface area contributed by atoms with Gasteiger partial charge in [0.2, 0.25) is 0 Å². The van der Waals surface area contributed by atoms with E-state index < -0.39 is 10.1 Å². The number of hydrogen-bond acceptors (Lipinski definition) is 3. The van der Waals surface area contributed by atoms with Gasteiger partial charge in [-0.3, -0.25) is 8.94 Å². The fraction of sp³-hybridized carbons (Fsp3) is 0.500. The predicted octanol–water partition coefficient (Wildman–Crippen LogP) is 2.22. The van der Waals surface area contributed by atoms with Crippen LogP contribution in [0.15, 0.2) is 29.2 Å². The topological polar surface area (TPSA) is 74.6 Å². The smallest absolute Gasteiger partial charge is 0.294 e. The maximum absolute atomic E-state index is 11.5. The maximum Gasteiger partial charge on any atom is 0.294 e. The third-order valence-corrected chi connectivity index (χ3v) is 3.07. The van der Waals surface area contributed by atoms with E-state index in [1.54, 1.807) is 19.1 Å². The van der Waals surface area contributed by atoms with E-state index in [1.165, 1.54) is 12.1 Å². The molecule has 0 aliphatic rings.